The van der Waals surface area contributed by atoms with Crippen LogP contribution in [0.1, 0.15) is 39.2 Å². The number of fused-ring (bicyclic) bond motifs is 1. The molecule has 0 N–H and O–H groups in total. The van der Waals surface area contributed by atoms with Gasteiger partial charge in [-0.2, -0.15) is 5.26 Å². The van der Waals surface area contributed by atoms with Crippen LogP contribution in [-0.2, 0) is 9.53 Å². The number of hydrogen-bond donors (Lipinski definition) is 0. The van der Waals surface area contributed by atoms with Gasteiger partial charge in [0.2, 0.25) is 0 Å². The number of carbonyl (C=O) groups excluding carboxylic acids is 2. The number of hydrogen-bond acceptors (Lipinski definition) is 5. The van der Waals surface area contributed by atoms with E-state index >= 15 is 0 Å². The quantitative estimate of drug-likeness (QED) is 0.551. The van der Waals surface area contributed by atoms with Crippen molar-refractivity contribution in [3.63, 3.8) is 0 Å². The van der Waals surface area contributed by atoms with Gasteiger partial charge < -0.3 is 9.64 Å². The van der Waals surface area contributed by atoms with E-state index < -0.39 is 12.6 Å². The Balaban J connectivity index is 1.82. The molecular weight excluding hydrogens is 390 g/mol. The first-order valence-electron chi connectivity index (χ1n) is 10.1. The highest BCUT2D eigenvalue weighted by Crippen LogP contribution is 2.22. The molecule has 0 fully saturated rings. The fraction of sp³-hybridized carbons (Fsp3) is 0.280. The standard InChI is InChI=1S/C25H25N3O3/c1-16-6-7-23-21(13-16)22(14-19(4)27-23)25(30)31-15-24(29)28(9-5-8-26)20-11-17(2)10-18(3)12-20/h6-7,10-14H,5,9,15H2,1-4H3. The van der Waals surface area contributed by atoms with Gasteiger partial charge in [-0.3, -0.25) is 9.78 Å². The van der Waals surface area contributed by atoms with Crippen LogP contribution < -0.4 is 4.90 Å². The van der Waals surface area contributed by atoms with Crippen LogP contribution in [-0.4, -0.2) is 30.0 Å². The Bertz CT molecular complexity index is 1170. The van der Waals surface area contributed by atoms with Crippen LogP contribution in [0.15, 0.2) is 42.5 Å². The van der Waals surface area contributed by atoms with E-state index in [4.69, 9.17) is 10.00 Å². The van der Waals surface area contributed by atoms with Gasteiger partial charge in [0.1, 0.15) is 0 Å². The third kappa shape index (κ3) is 5.26. The maximum absolute atomic E-state index is 12.9. The zero-order chi connectivity index (χ0) is 22.5. The maximum atomic E-state index is 12.9. The molecule has 0 unspecified atom stereocenters. The predicted octanol–water partition coefficient (Wildman–Crippen LogP) is 4.57. The fourth-order valence-electron chi connectivity index (χ4n) is 3.59. The largest absolute Gasteiger partial charge is 0.452 e. The monoisotopic (exact) mass is 415 g/mol. The van der Waals surface area contributed by atoms with E-state index in [9.17, 15) is 9.59 Å². The topological polar surface area (TPSA) is 83.3 Å². The first-order chi connectivity index (χ1) is 14.8. The van der Waals surface area contributed by atoms with Crippen molar-refractivity contribution in [2.24, 2.45) is 0 Å². The third-order valence-electron chi connectivity index (χ3n) is 4.91. The molecule has 3 aromatic rings. The molecule has 1 amide bonds. The van der Waals surface area contributed by atoms with Crippen LogP contribution >= 0.6 is 0 Å². The Kier molecular flexibility index (Phi) is 6.66. The van der Waals surface area contributed by atoms with Gasteiger partial charge in [-0.05, 0) is 69.2 Å². The second-order valence-electron chi connectivity index (χ2n) is 7.71. The van der Waals surface area contributed by atoms with E-state index in [1.165, 1.54) is 4.90 Å². The molecule has 0 atom stereocenters. The first kappa shape index (κ1) is 22.0. The van der Waals surface area contributed by atoms with Gasteiger partial charge >= 0.3 is 5.97 Å². The molecule has 31 heavy (non-hydrogen) atoms. The molecule has 0 spiro atoms. The Labute approximate surface area is 182 Å². The molecule has 6 heteroatoms. The maximum Gasteiger partial charge on any atom is 0.339 e. The lowest BCUT2D eigenvalue weighted by Gasteiger charge is -2.22. The van der Waals surface area contributed by atoms with Crippen molar-refractivity contribution in [1.29, 1.82) is 5.26 Å². The predicted molar refractivity (Wildman–Crippen MR) is 120 cm³/mol. The van der Waals surface area contributed by atoms with Gasteiger partial charge in [0.15, 0.2) is 6.61 Å². The summed E-state index contributed by atoms with van der Waals surface area (Å²) >= 11 is 0. The Hall–Kier alpha value is -3.72. The summed E-state index contributed by atoms with van der Waals surface area (Å²) in [5.41, 5.74) is 5.49. The minimum Gasteiger partial charge on any atom is -0.452 e. The van der Waals surface area contributed by atoms with E-state index in [1.54, 1.807) is 6.07 Å². The van der Waals surface area contributed by atoms with Gasteiger partial charge in [0.05, 0.1) is 23.6 Å². The fourth-order valence-corrected chi connectivity index (χ4v) is 3.59. The van der Waals surface area contributed by atoms with Gasteiger partial charge in [-0.1, -0.05) is 17.7 Å². The summed E-state index contributed by atoms with van der Waals surface area (Å²) in [4.78, 5) is 31.7. The second kappa shape index (κ2) is 9.40. The van der Waals surface area contributed by atoms with Crippen LogP contribution in [0.4, 0.5) is 5.69 Å². The van der Waals surface area contributed by atoms with Gasteiger partial charge in [0.25, 0.3) is 5.91 Å². The molecule has 0 aliphatic rings. The van der Waals surface area contributed by atoms with Crippen LogP contribution in [0.25, 0.3) is 10.9 Å². The van der Waals surface area contributed by atoms with E-state index in [0.717, 1.165) is 16.7 Å². The number of nitriles is 1. The Morgan fingerprint density at radius 2 is 1.71 bits per heavy atom. The van der Waals surface area contributed by atoms with E-state index in [1.807, 2.05) is 64.1 Å². The number of rotatable bonds is 6. The molecule has 0 aliphatic heterocycles. The molecule has 0 aliphatic carbocycles. The van der Waals surface area contributed by atoms with Crippen molar-refractivity contribution >= 4 is 28.5 Å². The Morgan fingerprint density at radius 3 is 2.39 bits per heavy atom. The van der Waals surface area contributed by atoms with Crippen LogP contribution in [0.5, 0.6) is 0 Å². The number of esters is 1. The smallest absolute Gasteiger partial charge is 0.339 e. The summed E-state index contributed by atoms with van der Waals surface area (Å²) in [7, 11) is 0. The SMILES string of the molecule is Cc1cc(C)cc(N(CCC#N)C(=O)COC(=O)c2cc(C)nc3ccc(C)cc23)c1. The molecule has 6 nitrogen and oxygen atoms in total. The number of aryl methyl sites for hydroxylation is 4. The number of amides is 1. The summed E-state index contributed by atoms with van der Waals surface area (Å²) in [6.45, 7) is 7.46. The lowest BCUT2D eigenvalue weighted by molar-refractivity contribution is -0.121. The van der Waals surface area contributed by atoms with Crippen LogP contribution in [0.2, 0.25) is 0 Å². The highest BCUT2D eigenvalue weighted by atomic mass is 16.5. The van der Waals surface area contributed by atoms with Crippen LogP contribution in [0, 0.1) is 39.0 Å². The third-order valence-corrected chi connectivity index (χ3v) is 4.91. The van der Waals surface area contributed by atoms with Crippen molar-refractivity contribution in [2.75, 3.05) is 18.1 Å². The molecule has 1 aromatic heterocycles. The van der Waals surface area contributed by atoms with Crippen molar-refractivity contribution in [1.82, 2.24) is 4.98 Å². The number of nitrogens with zero attached hydrogens (tertiary/aromatic N) is 3. The molecular formula is C25H25N3O3. The lowest BCUT2D eigenvalue weighted by Crippen LogP contribution is -2.35. The first-order valence-corrected chi connectivity index (χ1v) is 10.1. The number of anilines is 1. The highest BCUT2D eigenvalue weighted by molar-refractivity contribution is 6.05. The molecule has 0 radical (unpaired) electrons. The molecule has 2 aromatic carbocycles. The van der Waals surface area contributed by atoms with Crippen LogP contribution in [0.3, 0.4) is 0 Å². The Morgan fingerprint density at radius 1 is 1.00 bits per heavy atom. The van der Waals surface area contributed by atoms with Gasteiger partial charge in [0, 0.05) is 23.3 Å². The molecule has 0 saturated carbocycles. The van der Waals surface area contributed by atoms with E-state index in [-0.39, 0.29) is 18.9 Å². The van der Waals surface area contributed by atoms with Crippen molar-refractivity contribution in [3.05, 3.63) is 70.4 Å². The summed E-state index contributed by atoms with van der Waals surface area (Å²) in [5.74, 6) is -0.949. The highest BCUT2D eigenvalue weighted by Gasteiger charge is 2.20. The number of carbonyl (C=O) groups is 2. The average Bonchev–Trinajstić information content (AvgIpc) is 2.71. The minimum atomic E-state index is -0.574. The summed E-state index contributed by atoms with van der Waals surface area (Å²) in [6, 6.07) is 15.2. The van der Waals surface area contributed by atoms with Gasteiger partial charge in [-0.15, -0.1) is 0 Å². The number of ether oxygens (including phenoxy) is 1. The summed E-state index contributed by atoms with van der Waals surface area (Å²) in [5, 5.41) is 9.68. The zero-order valence-electron chi connectivity index (χ0n) is 18.2. The number of aromatic nitrogens is 1. The summed E-state index contributed by atoms with van der Waals surface area (Å²) in [6.07, 6.45) is 0.181. The lowest BCUT2D eigenvalue weighted by atomic mass is 10.1. The van der Waals surface area contributed by atoms with Crippen molar-refractivity contribution < 1.29 is 14.3 Å². The van der Waals surface area contributed by atoms with Crippen molar-refractivity contribution in [3.8, 4) is 6.07 Å². The zero-order valence-corrected chi connectivity index (χ0v) is 18.2. The molecule has 3 rings (SSSR count). The molecule has 1 heterocycles. The molecule has 158 valence electrons. The van der Waals surface area contributed by atoms with Gasteiger partial charge in [-0.25, -0.2) is 4.79 Å². The normalized spacial score (nSPS) is 10.5. The van der Waals surface area contributed by atoms with E-state index in [2.05, 4.69) is 11.1 Å². The minimum absolute atomic E-state index is 0.181. The second-order valence-corrected chi connectivity index (χ2v) is 7.71. The molecule has 0 bridgehead atoms. The number of pyridine rings is 1. The molecule has 0 saturated heterocycles. The number of benzene rings is 2. The van der Waals surface area contributed by atoms with E-state index in [0.29, 0.717) is 27.8 Å². The average molecular weight is 415 g/mol. The summed E-state index contributed by atoms with van der Waals surface area (Å²) < 4.78 is 5.39. The van der Waals surface area contributed by atoms with Crippen molar-refractivity contribution in [2.45, 2.75) is 34.1 Å².